The molecule has 1 saturated heterocycles. The second-order valence-corrected chi connectivity index (χ2v) is 4.52. The van der Waals surface area contributed by atoms with Crippen molar-refractivity contribution in [2.45, 2.75) is 13.0 Å². The number of nitrogens with one attached hydrogen (secondary N) is 1. The summed E-state index contributed by atoms with van der Waals surface area (Å²) in [6.45, 7) is 5.26. The molecule has 0 spiro atoms. The van der Waals surface area contributed by atoms with E-state index in [0.717, 1.165) is 31.3 Å². The Hall–Kier alpha value is -1.56. The maximum Gasteiger partial charge on any atom is 0.223 e. The Balaban J connectivity index is 2.24. The fourth-order valence-corrected chi connectivity index (χ4v) is 2.21. The standard InChI is InChI=1S/C11H20N6/c1-8-7-16(3)4-5-17(8)10-6-9(13-2)14-11(12)15-10/h6,8H,4-5,7H2,1-3H3,(H3,12,13,14,15). The first kappa shape index (κ1) is 11.9. The average molecular weight is 236 g/mol. The number of hydrogen-bond donors (Lipinski definition) is 2. The normalized spacial score (nSPS) is 21.6. The van der Waals surface area contributed by atoms with Crippen molar-refractivity contribution in [1.82, 2.24) is 14.9 Å². The van der Waals surface area contributed by atoms with Gasteiger partial charge in [-0.3, -0.25) is 0 Å². The molecule has 1 aliphatic rings. The number of anilines is 3. The maximum atomic E-state index is 5.72. The minimum absolute atomic E-state index is 0.318. The average Bonchev–Trinajstić information content (AvgIpc) is 2.28. The lowest BCUT2D eigenvalue weighted by molar-refractivity contribution is 0.274. The van der Waals surface area contributed by atoms with Gasteiger partial charge < -0.3 is 20.9 Å². The summed E-state index contributed by atoms with van der Waals surface area (Å²) in [6, 6.07) is 2.38. The summed E-state index contributed by atoms with van der Waals surface area (Å²) in [5.74, 6) is 1.99. The van der Waals surface area contributed by atoms with Crippen LogP contribution in [0.5, 0.6) is 0 Å². The summed E-state index contributed by atoms with van der Waals surface area (Å²) >= 11 is 0. The Kier molecular flexibility index (Phi) is 3.33. The highest BCUT2D eigenvalue weighted by molar-refractivity contribution is 5.53. The van der Waals surface area contributed by atoms with E-state index in [-0.39, 0.29) is 0 Å². The number of likely N-dealkylation sites (N-methyl/N-ethyl adjacent to an activating group) is 1. The van der Waals surface area contributed by atoms with Crippen LogP contribution in [-0.4, -0.2) is 54.6 Å². The third-order valence-corrected chi connectivity index (χ3v) is 3.11. The molecule has 6 heteroatoms. The van der Waals surface area contributed by atoms with Crippen LogP contribution in [0.25, 0.3) is 0 Å². The topological polar surface area (TPSA) is 70.3 Å². The maximum absolute atomic E-state index is 5.72. The summed E-state index contributed by atoms with van der Waals surface area (Å²) in [6.07, 6.45) is 0. The molecule has 3 N–H and O–H groups in total. The lowest BCUT2D eigenvalue weighted by Crippen LogP contribution is -2.50. The van der Waals surface area contributed by atoms with Gasteiger partial charge in [-0.05, 0) is 14.0 Å². The van der Waals surface area contributed by atoms with Crippen molar-refractivity contribution in [3.8, 4) is 0 Å². The van der Waals surface area contributed by atoms with Crippen LogP contribution in [-0.2, 0) is 0 Å². The van der Waals surface area contributed by atoms with Crippen LogP contribution >= 0.6 is 0 Å². The smallest absolute Gasteiger partial charge is 0.223 e. The van der Waals surface area contributed by atoms with Crippen LogP contribution < -0.4 is 16.0 Å². The Labute approximate surface area is 102 Å². The Morgan fingerprint density at radius 1 is 1.41 bits per heavy atom. The monoisotopic (exact) mass is 236 g/mol. The third kappa shape index (κ3) is 2.58. The van der Waals surface area contributed by atoms with Crippen LogP contribution in [0.3, 0.4) is 0 Å². The molecule has 2 heterocycles. The molecule has 0 aliphatic carbocycles. The van der Waals surface area contributed by atoms with E-state index >= 15 is 0 Å². The third-order valence-electron chi connectivity index (χ3n) is 3.11. The van der Waals surface area contributed by atoms with Crippen LogP contribution in [0, 0.1) is 0 Å². The number of aromatic nitrogens is 2. The van der Waals surface area contributed by atoms with E-state index in [1.54, 1.807) is 0 Å². The minimum Gasteiger partial charge on any atom is -0.373 e. The number of nitrogen functional groups attached to an aromatic ring is 1. The van der Waals surface area contributed by atoms with E-state index in [9.17, 15) is 0 Å². The second-order valence-electron chi connectivity index (χ2n) is 4.52. The number of nitrogens with zero attached hydrogens (tertiary/aromatic N) is 4. The molecular formula is C11H20N6. The highest BCUT2D eigenvalue weighted by Crippen LogP contribution is 2.21. The van der Waals surface area contributed by atoms with Crippen LogP contribution in [0.2, 0.25) is 0 Å². The second kappa shape index (κ2) is 4.75. The molecule has 0 aromatic carbocycles. The van der Waals surface area contributed by atoms with Crippen molar-refractivity contribution < 1.29 is 0 Å². The lowest BCUT2D eigenvalue weighted by Gasteiger charge is -2.39. The van der Waals surface area contributed by atoms with E-state index in [4.69, 9.17) is 5.73 Å². The van der Waals surface area contributed by atoms with Crippen molar-refractivity contribution in [2.24, 2.45) is 0 Å². The number of nitrogens with two attached hydrogens (primary N) is 1. The molecule has 94 valence electrons. The zero-order chi connectivity index (χ0) is 12.4. The first-order chi connectivity index (χ1) is 8.10. The van der Waals surface area contributed by atoms with Crippen molar-refractivity contribution in [1.29, 1.82) is 0 Å². The summed E-state index contributed by atoms with van der Waals surface area (Å²) in [5.41, 5.74) is 5.72. The molecule has 0 bridgehead atoms. The zero-order valence-corrected chi connectivity index (χ0v) is 10.6. The first-order valence-corrected chi connectivity index (χ1v) is 5.87. The quantitative estimate of drug-likeness (QED) is 0.766. The van der Waals surface area contributed by atoms with E-state index in [0.29, 0.717) is 12.0 Å². The Bertz CT molecular complexity index is 394. The minimum atomic E-state index is 0.318. The van der Waals surface area contributed by atoms with Crippen LogP contribution in [0.15, 0.2) is 6.07 Å². The van der Waals surface area contributed by atoms with Gasteiger partial charge in [0.1, 0.15) is 11.6 Å². The van der Waals surface area contributed by atoms with Crippen LogP contribution in [0.4, 0.5) is 17.6 Å². The van der Waals surface area contributed by atoms with Gasteiger partial charge in [-0.15, -0.1) is 0 Å². The number of hydrogen-bond acceptors (Lipinski definition) is 6. The predicted octanol–water partition coefficient (Wildman–Crippen LogP) is 0.241. The molecule has 0 radical (unpaired) electrons. The zero-order valence-electron chi connectivity index (χ0n) is 10.6. The molecule has 1 aliphatic heterocycles. The molecular weight excluding hydrogens is 216 g/mol. The van der Waals surface area contributed by atoms with Gasteiger partial charge in [-0.25, -0.2) is 0 Å². The summed E-state index contributed by atoms with van der Waals surface area (Å²) in [7, 11) is 3.97. The number of piperazine rings is 1. The van der Waals surface area contributed by atoms with Gasteiger partial charge in [0.2, 0.25) is 5.95 Å². The highest BCUT2D eigenvalue weighted by Gasteiger charge is 2.23. The molecule has 0 amide bonds. The van der Waals surface area contributed by atoms with Crippen molar-refractivity contribution >= 4 is 17.6 Å². The molecule has 1 aromatic rings. The lowest BCUT2D eigenvalue weighted by atomic mass is 10.2. The fourth-order valence-electron chi connectivity index (χ4n) is 2.21. The van der Waals surface area contributed by atoms with E-state index in [2.05, 4.69) is 39.1 Å². The van der Waals surface area contributed by atoms with Crippen LogP contribution in [0.1, 0.15) is 6.92 Å². The van der Waals surface area contributed by atoms with Gasteiger partial charge in [0.25, 0.3) is 0 Å². The van der Waals surface area contributed by atoms with Gasteiger partial charge in [-0.1, -0.05) is 0 Å². The van der Waals surface area contributed by atoms with Crippen molar-refractivity contribution in [2.75, 3.05) is 49.7 Å². The van der Waals surface area contributed by atoms with Gasteiger partial charge >= 0.3 is 0 Å². The molecule has 1 unspecified atom stereocenters. The molecule has 1 aromatic heterocycles. The van der Waals surface area contributed by atoms with E-state index in [1.165, 1.54) is 0 Å². The summed E-state index contributed by atoms with van der Waals surface area (Å²) < 4.78 is 0. The largest absolute Gasteiger partial charge is 0.373 e. The summed E-state index contributed by atoms with van der Waals surface area (Å²) in [5, 5.41) is 3.00. The van der Waals surface area contributed by atoms with Crippen molar-refractivity contribution in [3.05, 3.63) is 6.07 Å². The molecule has 17 heavy (non-hydrogen) atoms. The molecule has 0 saturated carbocycles. The SMILES string of the molecule is CNc1cc(N2CCN(C)CC2C)nc(N)n1. The molecule has 1 atom stereocenters. The first-order valence-electron chi connectivity index (χ1n) is 5.87. The molecule has 2 rings (SSSR count). The van der Waals surface area contributed by atoms with Crippen molar-refractivity contribution in [3.63, 3.8) is 0 Å². The van der Waals surface area contributed by atoms with Gasteiger partial charge in [-0.2, -0.15) is 9.97 Å². The fraction of sp³-hybridized carbons (Fsp3) is 0.636. The Morgan fingerprint density at radius 3 is 2.82 bits per heavy atom. The number of rotatable bonds is 2. The van der Waals surface area contributed by atoms with Gasteiger partial charge in [0.15, 0.2) is 0 Å². The molecule has 1 fully saturated rings. The molecule has 6 nitrogen and oxygen atoms in total. The van der Waals surface area contributed by atoms with Gasteiger partial charge in [0, 0.05) is 38.8 Å². The Morgan fingerprint density at radius 2 is 2.18 bits per heavy atom. The predicted molar refractivity (Wildman–Crippen MR) is 70.3 cm³/mol. The highest BCUT2D eigenvalue weighted by atomic mass is 15.3. The summed E-state index contributed by atoms with van der Waals surface area (Å²) in [4.78, 5) is 13.0. The van der Waals surface area contributed by atoms with Gasteiger partial charge in [0.05, 0.1) is 0 Å². The van der Waals surface area contributed by atoms with E-state index < -0.39 is 0 Å². The van der Waals surface area contributed by atoms with E-state index in [1.807, 2.05) is 13.1 Å².